The average Bonchev–Trinajstić information content (AvgIpc) is 2.23. The van der Waals surface area contributed by atoms with Gasteiger partial charge in [0, 0.05) is 19.7 Å². The summed E-state index contributed by atoms with van der Waals surface area (Å²) in [5.41, 5.74) is 0. The van der Waals surface area contributed by atoms with Crippen molar-refractivity contribution in [2.75, 3.05) is 33.2 Å². The fraction of sp³-hybridized carbons (Fsp3) is 0.667. The molecule has 5 heteroatoms. The molecular formula is C12H22N2O3. The highest BCUT2D eigenvalue weighted by Gasteiger charge is 2.12. The van der Waals surface area contributed by atoms with Crippen LogP contribution >= 0.6 is 0 Å². The van der Waals surface area contributed by atoms with Crippen LogP contribution in [0.15, 0.2) is 12.2 Å². The summed E-state index contributed by atoms with van der Waals surface area (Å²) in [6.07, 6.45) is 4.43. The number of amides is 1. The Hall–Kier alpha value is -1.36. The van der Waals surface area contributed by atoms with Crippen molar-refractivity contribution in [3.05, 3.63) is 12.2 Å². The van der Waals surface area contributed by atoms with E-state index in [9.17, 15) is 9.59 Å². The maximum Gasteiger partial charge on any atom is 0.323 e. The predicted octanol–water partition coefficient (Wildman–Crippen LogP) is 0.817. The van der Waals surface area contributed by atoms with E-state index in [1.54, 1.807) is 6.08 Å². The molecule has 1 N–H and O–H groups in total. The first-order valence-electron chi connectivity index (χ1n) is 5.95. The van der Waals surface area contributed by atoms with E-state index in [4.69, 9.17) is 5.11 Å². The van der Waals surface area contributed by atoms with Crippen molar-refractivity contribution in [2.45, 2.75) is 20.3 Å². The molecule has 98 valence electrons. The maximum absolute atomic E-state index is 11.3. The summed E-state index contributed by atoms with van der Waals surface area (Å²) in [5, 5.41) is 8.47. The van der Waals surface area contributed by atoms with Crippen molar-refractivity contribution in [2.24, 2.45) is 0 Å². The number of nitrogens with zero attached hydrogens (tertiary/aromatic N) is 2. The van der Waals surface area contributed by atoms with Crippen molar-refractivity contribution >= 4 is 11.9 Å². The number of likely N-dealkylation sites (tertiary alicyclic amines) is 1. The zero-order valence-corrected chi connectivity index (χ0v) is 10.8. The summed E-state index contributed by atoms with van der Waals surface area (Å²) in [6, 6.07) is 0. The molecule has 0 aromatic heterocycles. The number of hydrogen-bond acceptors (Lipinski definition) is 3. The predicted molar refractivity (Wildman–Crippen MR) is 66.8 cm³/mol. The molecule has 0 aromatic rings. The molecule has 1 fully saturated rings. The Labute approximate surface area is 103 Å². The van der Waals surface area contributed by atoms with Crippen molar-refractivity contribution in [1.29, 1.82) is 0 Å². The smallest absolute Gasteiger partial charge is 0.323 e. The molecule has 1 amide bonds. The van der Waals surface area contributed by atoms with E-state index in [0.717, 1.165) is 19.6 Å². The van der Waals surface area contributed by atoms with Gasteiger partial charge in [0.2, 0.25) is 5.91 Å². The third-order valence-electron chi connectivity index (χ3n) is 2.32. The molecule has 17 heavy (non-hydrogen) atoms. The van der Waals surface area contributed by atoms with Crippen LogP contribution in [-0.4, -0.2) is 60.0 Å². The van der Waals surface area contributed by atoms with Crippen molar-refractivity contribution in [3.8, 4) is 0 Å². The molecule has 0 saturated carbocycles. The molecule has 1 saturated heterocycles. The summed E-state index contributed by atoms with van der Waals surface area (Å²) < 4.78 is 0. The van der Waals surface area contributed by atoms with Crippen LogP contribution in [0.1, 0.15) is 20.3 Å². The first kappa shape index (κ1) is 15.6. The second-order valence-corrected chi connectivity index (χ2v) is 3.64. The second kappa shape index (κ2) is 8.75. The van der Waals surface area contributed by atoms with E-state index in [0.29, 0.717) is 0 Å². The quantitative estimate of drug-likeness (QED) is 0.725. The van der Waals surface area contributed by atoms with Crippen LogP contribution in [0.5, 0.6) is 0 Å². The molecule has 0 unspecified atom stereocenters. The molecule has 1 rings (SSSR count). The van der Waals surface area contributed by atoms with Crippen LogP contribution in [0.25, 0.3) is 0 Å². The summed E-state index contributed by atoms with van der Waals surface area (Å²) in [6.45, 7) is 6.69. The Morgan fingerprint density at radius 2 is 1.94 bits per heavy atom. The van der Waals surface area contributed by atoms with E-state index < -0.39 is 5.97 Å². The average molecular weight is 242 g/mol. The maximum atomic E-state index is 11.3. The van der Waals surface area contributed by atoms with Gasteiger partial charge in [-0.2, -0.15) is 0 Å². The van der Waals surface area contributed by atoms with Gasteiger partial charge < -0.3 is 10.0 Å². The molecule has 5 nitrogen and oxygen atoms in total. The monoisotopic (exact) mass is 242 g/mol. The number of hydrogen-bond donors (Lipinski definition) is 1. The third kappa shape index (κ3) is 6.73. The molecule has 0 aliphatic carbocycles. The number of likely N-dealkylation sites (N-methyl/N-ethyl adjacent to an activating group) is 1. The van der Waals surface area contributed by atoms with Crippen LogP contribution in [0, 0.1) is 0 Å². The van der Waals surface area contributed by atoms with Crippen LogP contribution in [-0.2, 0) is 9.59 Å². The second-order valence-electron chi connectivity index (χ2n) is 3.64. The van der Waals surface area contributed by atoms with E-state index in [1.165, 1.54) is 24.4 Å². The number of carbonyl (C=O) groups is 2. The van der Waals surface area contributed by atoms with Gasteiger partial charge in [-0.3, -0.25) is 14.5 Å². The van der Waals surface area contributed by atoms with Crippen LogP contribution in [0.4, 0.5) is 0 Å². The zero-order valence-electron chi connectivity index (χ0n) is 10.8. The summed E-state index contributed by atoms with van der Waals surface area (Å²) >= 11 is 0. The highest BCUT2D eigenvalue weighted by atomic mass is 16.4. The van der Waals surface area contributed by atoms with Gasteiger partial charge in [0.25, 0.3) is 0 Å². The first-order chi connectivity index (χ1) is 8.09. The van der Waals surface area contributed by atoms with Crippen molar-refractivity contribution in [3.63, 3.8) is 0 Å². The highest BCUT2D eigenvalue weighted by molar-refractivity contribution is 5.89. The normalized spacial score (nSPS) is 14.8. The Morgan fingerprint density at radius 3 is 2.35 bits per heavy atom. The minimum atomic E-state index is -0.998. The van der Waals surface area contributed by atoms with E-state index in [1.807, 2.05) is 13.8 Å². The zero-order chi connectivity index (χ0) is 13.3. The number of aliphatic carboxylic acids is 1. The van der Waals surface area contributed by atoms with Gasteiger partial charge in [-0.1, -0.05) is 19.9 Å². The van der Waals surface area contributed by atoms with Gasteiger partial charge >= 0.3 is 5.97 Å². The highest BCUT2D eigenvalue weighted by Crippen LogP contribution is 2.04. The Kier molecular flexibility index (Phi) is 8.05. The van der Waals surface area contributed by atoms with Gasteiger partial charge in [0.1, 0.15) is 6.54 Å². The first-order valence-corrected chi connectivity index (χ1v) is 5.95. The fourth-order valence-electron chi connectivity index (χ4n) is 1.27. The van der Waals surface area contributed by atoms with Gasteiger partial charge in [0.05, 0.1) is 0 Å². The number of carboxylic acid groups (broad SMARTS) is 1. The minimum absolute atomic E-state index is 0.257. The molecule has 1 heterocycles. The van der Waals surface area contributed by atoms with Crippen LogP contribution < -0.4 is 0 Å². The SMILES string of the molecule is CC.CN(CC(=O)O)C(=O)/C=C/CN1CCC1. The number of carboxylic acids is 1. The standard InChI is InChI=1S/C10H16N2O3.C2H6/c1-11(8-10(14)15)9(13)4-2-5-12-6-3-7-12;1-2/h2,4H,3,5-8H2,1H3,(H,14,15);1-2H3/b4-2+;. The molecule has 0 atom stereocenters. The largest absolute Gasteiger partial charge is 0.480 e. The molecule has 0 bridgehead atoms. The van der Waals surface area contributed by atoms with E-state index >= 15 is 0 Å². The summed E-state index contributed by atoms with van der Waals surface area (Å²) in [4.78, 5) is 25.0. The van der Waals surface area contributed by atoms with Gasteiger partial charge in [-0.15, -0.1) is 0 Å². The lowest BCUT2D eigenvalue weighted by Gasteiger charge is -2.29. The van der Waals surface area contributed by atoms with Gasteiger partial charge in [-0.05, 0) is 19.5 Å². The fourth-order valence-corrected chi connectivity index (χ4v) is 1.27. The lowest BCUT2D eigenvalue weighted by molar-refractivity contribution is -0.141. The molecule has 0 spiro atoms. The summed E-state index contributed by atoms with van der Waals surface area (Å²) in [7, 11) is 1.48. The Morgan fingerprint density at radius 1 is 1.35 bits per heavy atom. The molecule has 1 aliphatic heterocycles. The Bertz CT molecular complexity index is 273. The van der Waals surface area contributed by atoms with Crippen molar-refractivity contribution < 1.29 is 14.7 Å². The molecule has 0 radical (unpaired) electrons. The minimum Gasteiger partial charge on any atom is -0.480 e. The molecular weight excluding hydrogens is 220 g/mol. The van der Waals surface area contributed by atoms with Crippen LogP contribution in [0.2, 0.25) is 0 Å². The van der Waals surface area contributed by atoms with Gasteiger partial charge in [-0.25, -0.2) is 0 Å². The third-order valence-corrected chi connectivity index (χ3v) is 2.32. The number of carbonyl (C=O) groups excluding carboxylic acids is 1. The van der Waals surface area contributed by atoms with Crippen molar-refractivity contribution in [1.82, 2.24) is 9.80 Å². The topological polar surface area (TPSA) is 60.9 Å². The lowest BCUT2D eigenvalue weighted by atomic mass is 10.2. The van der Waals surface area contributed by atoms with E-state index in [2.05, 4.69) is 4.90 Å². The Balaban J connectivity index is 0.00000121. The number of rotatable bonds is 5. The van der Waals surface area contributed by atoms with Gasteiger partial charge in [0.15, 0.2) is 0 Å². The van der Waals surface area contributed by atoms with Crippen LogP contribution in [0.3, 0.4) is 0 Å². The van der Waals surface area contributed by atoms with E-state index in [-0.39, 0.29) is 12.5 Å². The molecule has 0 aromatic carbocycles. The summed E-state index contributed by atoms with van der Waals surface area (Å²) in [5.74, 6) is -1.26. The molecule has 1 aliphatic rings. The lowest BCUT2D eigenvalue weighted by Crippen LogP contribution is -2.37.